The minimum absolute atomic E-state index is 0.0161. The number of hydrazone groups is 1. The quantitative estimate of drug-likeness (QED) is 0.500. The molecule has 1 amide bonds. The van der Waals surface area contributed by atoms with Crippen LogP contribution in [0, 0.1) is 0 Å². The van der Waals surface area contributed by atoms with Gasteiger partial charge in [0.15, 0.2) is 5.78 Å². The Morgan fingerprint density at radius 2 is 2.60 bits per heavy atom. The average Bonchev–Trinajstić information content (AvgIpc) is 2.13. The molecule has 2 N–H and O–H groups in total. The smallest absolute Gasteiger partial charge is 0.238 e. The van der Waals surface area contributed by atoms with Crippen molar-refractivity contribution in [3.63, 3.8) is 0 Å². The Labute approximate surface area is 57.5 Å². The molecule has 0 aliphatic carbocycles. The van der Waals surface area contributed by atoms with Crippen LogP contribution < -0.4 is 5.73 Å². The zero-order chi connectivity index (χ0) is 7.56. The van der Waals surface area contributed by atoms with E-state index < -0.39 is 5.91 Å². The second-order valence-corrected chi connectivity index (χ2v) is 2.00. The van der Waals surface area contributed by atoms with Crippen LogP contribution in [0.2, 0.25) is 0 Å². The van der Waals surface area contributed by atoms with Gasteiger partial charge in [0, 0.05) is 0 Å². The van der Waals surface area contributed by atoms with Gasteiger partial charge in [-0.3, -0.25) is 14.6 Å². The molecular weight excluding hydrogens is 134 g/mol. The summed E-state index contributed by atoms with van der Waals surface area (Å²) < 4.78 is 0. The van der Waals surface area contributed by atoms with Gasteiger partial charge in [-0.15, -0.1) is 0 Å². The van der Waals surface area contributed by atoms with Crippen LogP contribution in [0.15, 0.2) is 5.10 Å². The van der Waals surface area contributed by atoms with Crippen LogP contribution in [0.25, 0.3) is 0 Å². The largest absolute Gasteiger partial charge is 0.368 e. The van der Waals surface area contributed by atoms with Crippen molar-refractivity contribution in [2.45, 2.75) is 0 Å². The highest BCUT2D eigenvalue weighted by atomic mass is 16.2. The first kappa shape index (κ1) is 6.73. The second-order valence-electron chi connectivity index (χ2n) is 2.00. The van der Waals surface area contributed by atoms with Crippen LogP contribution >= 0.6 is 0 Å². The van der Waals surface area contributed by atoms with Crippen LogP contribution in [0.1, 0.15) is 0 Å². The van der Waals surface area contributed by atoms with E-state index in [1.54, 1.807) is 0 Å². The third kappa shape index (κ3) is 1.54. The molecule has 0 atom stereocenters. The van der Waals surface area contributed by atoms with E-state index in [1.165, 1.54) is 11.2 Å². The normalized spacial score (nSPS) is 16.4. The van der Waals surface area contributed by atoms with Gasteiger partial charge in [0.1, 0.15) is 13.1 Å². The van der Waals surface area contributed by atoms with Gasteiger partial charge in [-0.2, -0.15) is 5.10 Å². The fraction of sp³-hybridized carbons (Fsp3) is 0.400. The molecule has 0 aromatic rings. The standard InChI is InChI=1S/C5H7N3O2/c6-5(10)3-8-2-4(9)1-7-8/h1H,2-3H2,(H2,6,10). The van der Waals surface area contributed by atoms with Gasteiger partial charge in [0.05, 0.1) is 6.21 Å². The van der Waals surface area contributed by atoms with Crippen molar-refractivity contribution in [1.82, 2.24) is 5.01 Å². The molecule has 0 saturated heterocycles. The Hall–Kier alpha value is -1.39. The van der Waals surface area contributed by atoms with Gasteiger partial charge < -0.3 is 5.73 Å². The fourth-order valence-electron chi connectivity index (χ4n) is 0.684. The molecule has 1 rings (SSSR count). The lowest BCUT2D eigenvalue weighted by molar-refractivity contribution is -0.119. The highest BCUT2D eigenvalue weighted by Crippen LogP contribution is 1.94. The van der Waals surface area contributed by atoms with Gasteiger partial charge in [-0.05, 0) is 0 Å². The lowest BCUT2D eigenvalue weighted by Gasteiger charge is -2.07. The molecule has 0 spiro atoms. The van der Waals surface area contributed by atoms with Crippen LogP contribution in [-0.4, -0.2) is 36.0 Å². The molecule has 10 heavy (non-hydrogen) atoms. The summed E-state index contributed by atoms with van der Waals surface area (Å²) in [5, 5.41) is 4.94. The molecule has 0 aromatic heterocycles. The topological polar surface area (TPSA) is 75.8 Å². The van der Waals surface area contributed by atoms with Gasteiger partial charge in [-0.1, -0.05) is 0 Å². The number of primary amides is 1. The molecule has 54 valence electrons. The predicted octanol–water partition coefficient (Wildman–Crippen LogP) is -1.66. The highest BCUT2D eigenvalue weighted by Gasteiger charge is 2.14. The van der Waals surface area contributed by atoms with Crippen LogP contribution in [0.3, 0.4) is 0 Å². The average molecular weight is 141 g/mol. The van der Waals surface area contributed by atoms with E-state index in [1.807, 2.05) is 0 Å². The molecule has 0 radical (unpaired) electrons. The zero-order valence-electron chi connectivity index (χ0n) is 5.28. The van der Waals surface area contributed by atoms with Crippen molar-refractivity contribution in [3.05, 3.63) is 0 Å². The molecule has 0 fully saturated rings. The molecule has 0 unspecified atom stereocenters. The van der Waals surface area contributed by atoms with Crippen LogP contribution in [-0.2, 0) is 9.59 Å². The van der Waals surface area contributed by atoms with E-state index in [-0.39, 0.29) is 18.9 Å². The summed E-state index contributed by atoms with van der Waals surface area (Å²) in [5.41, 5.74) is 4.85. The van der Waals surface area contributed by atoms with Gasteiger partial charge >= 0.3 is 0 Å². The number of nitrogens with zero attached hydrogens (tertiary/aromatic N) is 2. The fourth-order valence-corrected chi connectivity index (χ4v) is 0.684. The molecule has 0 saturated carbocycles. The number of ketones is 1. The number of carbonyl (C=O) groups is 2. The van der Waals surface area contributed by atoms with Crippen molar-refractivity contribution >= 4 is 17.9 Å². The number of rotatable bonds is 2. The molecule has 5 nitrogen and oxygen atoms in total. The molecule has 0 aromatic carbocycles. The third-order valence-electron chi connectivity index (χ3n) is 1.04. The van der Waals surface area contributed by atoms with Gasteiger partial charge in [-0.25, -0.2) is 0 Å². The summed E-state index contributed by atoms with van der Waals surface area (Å²) in [7, 11) is 0. The van der Waals surface area contributed by atoms with Crippen molar-refractivity contribution < 1.29 is 9.59 Å². The first-order valence-corrected chi connectivity index (χ1v) is 2.78. The highest BCUT2D eigenvalue weighted by molar-refractivity contribution is 6.29. The van der Waals surface area contributed by atoms with E-state index in [2.05, 4.69) is 5.10 Å². The van der Waals surface area contributed by atoms with Gasteiger partial charge in [0.2, 0.25) is 5.91 Å². The first-order chi connectivity index (χ1) is 4.68. The predicted molar refractivity (Wildman–Crippen MR) is 34.3 cm³/mol. The summed E-state index contributed by atoms with van der Waals surface area (Å²) >= 11 is 0. The van der Waals surface area contributed by atoms with Crippen molar-refractivity contribution in [3.8, 4) is 0 Å². The summed E-state index contributed by atoms with van der Waals surface area (Å²) in [6, 6.07) is 0. The lowest BCUT2D eigenvalue weighted by atomic mass is 10.4. The first-order valence-electron chi connectivity index (χ1n) is 2.78. The summed E-state index contributed by atoms with van der Waals surface area (Å²) in [5.74, 6) is -0.576. The van der Waals surface area contributed by atoms with E-state index in [4.69, 9.17) is 5.73 Å². The van der Waals surface area contributed by atoms with Crippen molar-refractivity contribution in [2.75, 3.05) is 13.1 Å². The SMILES string of the molecule is NC(=O)CN1CC(=O)C=N1. The maximum absolute atomic E-state index is 10.5. The van der Waals surface area contributed by atoms with E-state index in [9.17, 15) is 9.59 Å². The Morgan fingerprint density at radius 1 is 1.90 bits per heavy atom. The molecule has 1 heterocycles. The van der Waals surface area contributed by atoms with E-state index in [0.29, 0.717) is 0 Å². The van der Waals surface area contributed by atoms with Crippen molar-refractivity contribution in [1.29, 1.82) is 0 Å². The number of Topliss-reactive ketones (excluding diaryl/α,β-unsaturated/α-hetero) is 1. The molecular formula is C5H7N3O2. The lowest BCUT2D eigenvalue weighted by Crippen LogP contribution is -2.29. The molecule has 5 heteroatoms. The van der Waals surface area contributed by atoms with E-state index >= 15 is 0 Å². The number of amides is 1. The Kier molecular flexibility index (Phi) is 1.66. The number of carbonyl (C=O) groups excluding carboxylic acids is 2. The number of hydrogen-bond donors (Lipinski definition) is 1. The number of hydrogen-bond acceptors (Lipinski definition) is 4. The van der Waals surface area contributed by atoms with E-state index in [0.717, 1.165) is 0 Å². The molecule has 1 aliphatic rings. The number of nitrogens with two attached hydrogens (primary N) is 1. The summed E-state index contributed by atoms with van der Waals surface area (Å²) in [6.07, 6.45) is 1.18. The summed E-state index contributed by atoms with van der Waals surface area (Å²) in [6.45, 7) is 0.186. The monoisotopic (exact) mass is 141 g/mol. The van der Waals surface area contributed by atoms with Crippen LogP contribution in [0.4, 0.5) is 0 Å². The van der Waals surface area contributed by atoms with Crippen molar-refractivity contribution in [2.24, 2.45) is 10.8 Å². The second kappa shape index (κ2) is 2.47. The molecule has 0 bridgehead atoms. The maximum atomic E-state index is 10.5. The zero-order valence-corrected chi connectivity index (χ0v) is 5.28. The minimum atomic E-state index is -0.480. The maximum Gasteiger partial charge on any atom is 0.238 e. The Morgan fingerprint density at radius 3 is 3.00 bits per heavy atom. The Balaban J connectivity index is 2.40. The third-order valence-corrected chi connectivity index (χ3v) is 1.04. The Bertz CT molecular complexity index is 199. The van der Waals surface area contributed by atoms with Gasteiger partial charge in [0.25, 0.3) is 0 Å². The molecule has 1 aliphatic heterocycles. The minimum Gasteiger partial charge on any atom is -0.368 e. The summed E-state index contributed by atoms with van der Waals surface area (Å²) in [4.78, 5) is 20.7. The van der Waals surface area contributed by atoms with Crippen LogP contribution in [0.5, 0.6) is 0 Å².